The van der Waals surface area contributed by atoms with Crippen LogP contribution in [0.5, 0.6) is 0 Å². The average Bonchev–Trinajstić information content (AvgIpc) is 3.32. The quantitative estimate of drug-likeness (QED) is 0.195. The van der Waals surface area contributed by atoms with E-state index in [1.165, 1.54) is 16.6 Å². The van der Waals surface area contributed by atoms with Crippen LogP contribution < -0.4 is 0 Å². The zero-order valence-electron chi connectivity index (χ0n) is 19.2. The Morgan fingerprint density at radius 3 is 2.39 bits per heavy atom. The third-order valence-electron chi connectivity index (χ3n) is 5.13. The number of hydrogen-bond acceptors (Lipinski definition) is 6. The third-order valence-corrected chi connectivity index (χ3v) is 9.37. The van der Waals surface area contributed by atoms with E-state index in [1.807, 2.05) is 0 Å². The van der Waals surface area contributed by atoms with Crippen molar-refractivity contribution in [2.75, 3.05) is 13.1 Å². The Morgan fingerprint density at radius 2 is 1.81 bits per heavy atom. The maximum atomic E-state index is 13.1. The van der Waals surface area contributed by atoms with Crippen LogP contribution in [0.15, 0.2) is 58.0 Å². The van der Waals surface area contributed by atoms with E-state index in [-0.39, 0.29) is 21.5 Å². The van der Waals surface area contributed by atoms with Gasteiger partial charge in [0.25, 0.3) is 10.0 Å². The Kier molecular flexibility index (Phi) is 9.39. The zero-order valence-corrected chi connectivity index (χ0v) is 22.3. The van der Waals surface area contributed by atoms with Gasteiger partial charge in [-0.25, -0.2) is 8.42 Å². The topological polar surface area (TPSA) is 71.9 Å². The molecule has 36 heavy (non-hydrogen) atoms. The molecule has 2 aromatic heterocycles. The lowest BCUT2D eigenvalue weighted by Crippen LogP contribution is -2.29. The predicted molar refractivity (Wildman–Crippen MR) is 135 cm³/mol. The number of sulfonamides is 1. The number of aromatic nitrogens is 1. The lowest BCUT2D eigenvalue weighted by atomic mass is 10.0. The Bertz CT molecular complexity index is 1310. The highest BCUT2D eigenvalue weighted by molar-refractivity contribution is 7.91. The normalized spacial score (nSPS) is 13.4. The minimum atomic E-state index is -4.62. The summed E-state index contributed by atoms with van der Waals surface area (Å²) < 4.78 is 66.6. The van der Waals surface area contributed by atoms with Crippen LogP contribution in [-0.4, -0.2) is 37.0 Å². The van der Waals surface area contributed by atoms with Crippen molar-refractivity contribution in [1.82, 2.24) is 9.29 Å². The Labute approximate surface area is 221 Å². The van der Waals surface area contributed by atoms with Crippen molar-refractivity contribution < 1.29 is 26.4 Å². The van der Waals surface area contributed by atoms with E-state index < -0.39 is 27.7 Å². The SMILES string of the molecule is CCN(CC)S(=O)(=O)c1ccc([C@H](/C=N/OCc2ccc(Cl)cc2)c2ncc(C(F)(F)F)cc2Cl)s1. The van der Waals surface area contributed by atoms with Gasteiger partial charge >= 0.3 is 6.18 Å². The molecule has 0 saturated carbocycles. The third kappa shape index (κ3) is 6.77. The van der Waals surface area contributed by atoms with Gasteiger partial charge in [0.15, 0.2) is 0 Å². The minimum absolute atomic E-state index is 0.0807. The first-order valence-electron chi connectivity index (χ1n) is 10.7. The van der Waals surface area contributed by atoms with Gasteiger partial charge in [-0.2, -0.15) is 17.5 Å². The van der Waals surface area contributed by atoms with Crippen molar-refractivity contribution in [3.63, 3.8) is 0 Å². The minimum Gasteiger partial charge on any atom is -0.391 e. The Morgan fingerprint density at radius 1 is 1.14 bits per heavy atom. The lowest BCUT2D eigenvalue weighted by molar-refractivity contribution is -0.137. The van der Waals surface area contributed by atoms with E-state index in [0.717, 1.165) is 23.0 Å². The van der Waals surface area contributed by atoms with E-state index in [4.69, 9.17) is 28.0 Å². The van der Waals surface area contributed by atoms with Gasteiger partial charge in [0, 0.05) is 29.2 Å². The number of nitrogens with zero attached hydrogens (tertiary/aromatic N) is 3. The maximum Gasteiger partial charge on any atom is 0.417 e. The summed E-state index contributed by atoms with van der Waals surface area (Å²) in [5, 5.41) is 4.29. The summed E-state index contributed by atoms with van der Waals surface area (Å²) in [6.45, 7) is 4.16. The molecule has 1 aromatic carbocycles. The van der Waals surface area contributed by atoms with Crippen LogP contribution in [-0.2, 0) is 27.6 Å². The molecule has 0 fully saturated rings. The molecule has 0 spiro atoms. The van der Waals surface area contributed by atoms with Crippen molar-refractivity contribution >= 4 is 50.8 Å². The van der Waals surface area contributed by atoms with Gasteiger partial charge in [-0.3, -0.25) is 4.98 Å². The summed E-state index contributed by atoms with van der Waals surface area (Å²) in [6, 6.07) is 10.7. The number of benzene rings is 1. The summed E-state index contributed by atoms with van der Waals surface area (Å²) in [7, 11) is -3.73. The number of halogens is 5. The molecule has 2 heterocycles. The molecule has 0 unspecified atom stereocenters. The first-order chi connectivity index (χ1) is 17.0. The Balaban J connectivity index is 1.95. The van der Waals surface area contributed by atoms with Crippen LogP contribution in [0.3, 0.4) is 0 Å². The molecular weight excluding hydrogens is 558 g/mol. The smallest absolute Gasteiger partial charge is 0.391 e. The zero-order chi connectivity index (χ0) is 26.5. The summed E-state index contributed by atoms with van der Waals surface area (Å²) in [6.07, 6.45) is -2.61. The van der Waals surface area contributed by atoms with E-state index >= 15 is 0 Å². The van der Waals surface area contributed by atoms with Gasteiger partial charge < -0.3 is 4.84 Å². The van der Waals surface area contributed by atoms with Crippen molar-refractivity contribution in [2.24, 2.45) is 5.16 Å². The molecule has 0 aliphatic rings. The van der Waals surface area contributed by atoms with Gasteiger partial charge in [-0.1, -0.05) is 54.3 Å². The molecule has 6 nitrogen and oxygen atoms in total. The second-order valence-electron chi connectivity index (χ2n) is 7.47. The molecule has 0 saturated heterocycles. The molecule has 13 heteroatoms. The van der Waals surface area contributed by atoms with Crippen molar-refractivity contribution in [1.29, 1.82) is 0 Å². The van der Waals surface area contributed by atoms with E-state index in [2.05, 4.69) is 10.1 Å². The number of oxime groups is 1. The first kappa shape index (κ1) is 28.4. The summed E-state index contributed by atoms with van der Waals surface area (Å²) in [5.41, 5.74) is -0.124. The van der Waals surface area contributed by atoms with E-state index in [1.54, 1.807) is 44.2 Å². The fourth-order valence-corrected chi connectivity index (χ4v) is 6.65. The molecule has 0 radical (unpaired) electrons. The molecule has 3 rings (SSSR count). The molecule has 1 atom stereocenters. The van der Waals surface area contributed by atoms with Crippen LogP contribution in [0.4, 0.5) is 13.2 Å². The monoisotopic (exact) mass is 579 g/mol. The second kappa shape index (κ2) is 11.9. The average molecular weight is 580 g/mol. The first-order valence-corrected chi connectivity index (χ1v) is 13.7. The highest BCUT2D eigenvalue weighted by atomic mass is 35.5. The molecular formula is C23H22Cl2F3N3O3S2. The fourth-order valence-electron chi connectivity index (χ4n) is 3.24. The van der Waals surface area contributed by atoms with Crippen LogP contribution >= 0.6 is 34.5 Å². The van der Waals surface area contributed by atoms with Gasteiger partial charge in [0.05, 0.1) is 28.4 Å². The van der Waals surface area contributed by atoms with Crippen molar-refractivity contribution in [2.45, 2.75) is 36.8 Å². The number of hydrogen-bond donors (Lipinski definition) is 0. The van der Waals surface area contributed by atoms with Gasteiger partial charge in [-0.05, 0) is 35.9 Å². The van der Waals surface area contributed by atoms with Crippen LogP contribution in [0.25, 0.3) is 0 Å². The number of pyridine rings is 1. The predicted octanol–water partition coefficient (Wildman–Crippen LogP) is 6.83. The standard InChI is InChI=1S/C23H22Cl2F3N3O3S2/c1-3-31(4-2)36(32,33)21-10-9-20(35-21)18(13-30-34-14-15-5-7-17(24)8-6-15)22-19(25)11-16(12-29-22)23(26,27)28/h5-13,18H,3-4,14H2,1-2H3/b30-13+/t18-/m0/s1. The molecule has 0 bridgehead atoms. The lowest BCUT2D eigenvalue weighted by Gasteiger charge is -2.17. The van der Waals surface area contributed by atoms with E-state index in [9.17, 15) is 21.6 Å². The summed E-state index contributed by atoms with van der Waals surface area (Å²) >= 11 is 13.0. The van der Waals surface area contributed by atoms with Crippen LogP contribution in [0.2, 0.25) is 10.0 Å². The van der Waals surface area contributed by atoms with Crippen molar-refractivity contribution in [3.05, 3.63) is 80.4 Å². The largest absolute Gasteiger partial charge is 0.417 e. The summed E-state index contributed by atoms with van der Waals surface area (Å²) in [5.74, 6) is -0.851. The number of thiophene rings is 1. The highest BCUT2D eigenvalue weighted by Crippen LogP contribution is 2.37. The highest BCUT2D eigenvalue weighted by Gasteiger charge is 2.33. The molecule has 0 N–H and O–H groups in total. The molecule has 0 aliphatic heterocycles. The summed E-state index contributed by atoms with van der Waals surface area (Å²) in [4.78, 5) is 9.76. The fraction of sp³-hybridized carbons (Fsp3) is 0.304. The van der Waals surface area contributed by atoms with Gasteiger partial charge in [-0.15, -0.1) is 11.3 Å². The van der Waals surface area contributed by atoms with E-state index in [0.29, 0.717) is 29.2 Å². The van der Waals surface area contributed by atoms with Gasteiger partial charge in [0.1, 0.15) is 10.8 Å². The molecule has 3 aromatic rings. The molecule has 194 valence electrons. The number of alkyl halides is 3. The van der Waals surface area contributed by atoms with Crippen LogP contribution in [0, 0.1) is 0 Å². The van der Waals surface area contributed by atoms with Crippen LogP contribution in [0.1, 0.15) is 41.5 Å². The Hall–Kier alpha value is -2.18. The maximum absolute atomic E-state index is 13.1. The number of rotatable bonds is 10. The van der Waals surface area contributed by atoms with Gasteiger partial charge in [0.2, 0.25) is 0 Å². The molecule has 0 aliphatic carbocycles. The second-order valence-corrected chi connectivity index (χ2v) is 11.6. The van der Waals surface area contributed by atoms with Crippen molar-refractivity contribution in [3.8, 4) is 0 Å². The molecule has 0 amide bonds.